The minimum Gasteiger partial charge on any atom is -0.382 e. The van der Waals surface area contributed by atoms with Crippen molar-refractivity contribution in [2.75, 3.05) is 38.8 Å². The van der Waals surface area contributed by atoms with Crippen molar-refractivity contribution in [2.45, 2.75) is 6.92 Å². The summed E-state index contributed by atoms with van der Waals surface area (Å²) >= 11 is 3.46. The van der Waals surface area contributed by atoms with Gasteiger partial charge in [-0.1, -0.05) is 0 Å². The highest BCUT2D eigenvalue weighted by Crippen LogP contribution is 2.19. The van der Waals surface area contributed by atoms with E-state index in [1.165, 1.54) is 0 Å². The van der Waals surface area contributed by atoms with E-state index in [4.69, 9.17) is 9.47 Å². The molecule has 16 heavy (non-hydrogen) atoms. The third kappa shape index (κ3) is 4.92. The average Bonchev–Trinajstić information content (AvgIpc) is 2.26. The van der Waals surface area contributed by atoms with Crippen LogP contribution in [0, 0.1) is 6.92 Å². The maximum atomic E-state index is 5.33. The summed E-state index contributed by atoms with van der Waals surface area (Å²) in [6.45, 7) is 4.65. The molecule has 0 radical (unpaired) electrons. The van der Waals surface area contributed by atoms with Gasteiger partial charge in [0.25, 0.3) is 0 Å². The Labute approximate surface area is 104 Å². The van der Waals surface area contributed by atoms with Gasteiger partial charge in [-0.15, -0.1) is 0 Å². The van der Waals surface area contributed by atoms with Gasteiger partial charge in [0.15, 0.2) is 0 Å². The number of aromatic nitrogens is 1. The molecule has 1 N–H and O–H groups in total. The summed E-state index contributed by atoms with van der Waals surface area (Å²) in [7, 11) is 1.66. The van der Waals surface area contributed by atoms with Crippen LogP contribution in [0.5, 0.6) is 0 Å². The summed E-state index contributed by atoms with van der Waals surface area (Å²) in [5.74, 6) is 0.848. The zero-order valence-corrected chi connectivity index (χ0v) is 11.2. The standard InChI is InChI=1S/C11H17BrN2O2/c1-9-7-10(12)11(14-8-9)13-3-4-16-6-5-15-2/h7-8H,3-6H2,1-2H3,(H,13,14). The number of hydrogen-bond acceptors (Lipinski definition) is 4. The van der Waals surface area contributed by atoms with Crippen LogP contribution in [-0.2, 0) is 9.47 Å². The number of nitrogens with zero attached hydrogens (tertiary/aromatic N) is 1. The molecule has 1 aromatic heterocycles. The molecule has 5 heteroatoms. The lowest BCUT2D eigenvalue weighted by atomic mass is 10.3. The molecule has 0 amide bonds. The van der Waals surface area contributed by atoms with E-state index in [0.29, 0.717) is 19.8 Å². The molecular formula is C11H17BrN2O2. The Morgan fingerprint density at radius 2 is 2.19 bits per heavy atom. The molecule has 0 aliphatic carbocycles. The summed E-state index contributed by atoms with van der Waals surface area (Å²) in [5, 5.41) is 3.19. The van der Waals surface area contributed by atoms with E-state index in [-0.39, 0.29) is 0 Å². The Kier molecular flexibility index (Phi) is 6.37. The number of ether oxygens (including phenoxy) is 2. The van der Waals surface area contributed by atoms with Crippen LogP contribution in [0.3, 0.4) is 0 Å². The second-order valence-electron chi connectivity index (χ2n) is 3.38. The maximum Gasteiger partial charge on any atom is 0.140 e. The lowest BCUT2D eigenvalue weighted by Gasteiger charge is -2.08. The lowest BCUT2D eigenvalue weighted by Crippen LogP contribution is -2.12. The fraction of sp³-hybridized carbons (Fsp3) is 0.545. The third-order valence-corrected chi connectivity index (χ3v) is 2.55. The number of halogens is 1. The summed E-state index contributed by atoms with van der Waals surface area (Å²) in [5.41, 5.74) is 1.13. The lowest BCUT2D eigenvalue weighted by molar-refractivity contribution is 0.0759. The van der Waals surface area contributed by atoms with Crippen molar-refractivity contribution < 1.29 is 9.47 Å². The van der Waals surface area contributed by atoms with Crippen molar-refractivity contribution in [1.82, 2.24) is 4.98 Å². The van der Waals surface area contributed by atoms with Crippen molar-refractivity contribution in [2.24, 2.45) is 0 Å². The molecule has 4 nitrogen and oxygen atoms in total. The second-order valence-corrected chi connectivity index (χ2v) is 4.23. The highest BCUT2D eigenvalue weighted by Gasteiger charge is 2.00. The molecule has 0 unspecified atom stereocenters. The van der Waals surface area contributed by atoms with E-state index >= 15 is 0 Å². The Balaban J connectivity index is 2.21. The van der Waals surface area contributed by atoms with E-state index in [9.17, 15) is 0 Å². The van der Waals surface area contributed by atoms with Crippen LogP contribution in [0.4, 0.5) is 5.82 Å². The Morgan fingerprint density at radius 3 is 2.88 bits per heavy atom. The molecule has 0 aromatic carbocycles. The quantitative estimate of drug-likeness (QED) is 0.782. The van der Waals surface area contributed by atoms with Crippen LogP contribution < -0.4 is 5.32 Å². The normalized spacial score (nSPS) is 10.4. The van der Waals surface area contributed by atoms with Crippen molar-refractivity contribution in [3.8, 4) is 0 Å². The van der Waals surface area contributed by atoms with Gasteiger partial charge in [-0.05, 0) is 34.5 Å². The van der Waals surface area contributed by atoms with E-state index in [1.807, 2.05) is 19.2 Å². The van der Waals surface area contributed by atoms with Crippen LogP contribution in [0.25, 0.3) is 0 Å². The van der Waals surface area contributed by atoms with Gasteiger partial charge in [-0.2, -0.15) is 0 Å². The molecule has 1 heterocycles. The smallest absolute Gasteiger partial charge is 0.140 e. The van der Waals surface area contributed by atoms with Gasteiger partial charge in [0, 0.05) is 19.9 Å². The number of nitrogens with one attached hydrogen (secondary N) is 1. The van der Waals surface area contributed by atoms with E-state index in [0.717, 1.165) is 22.4 Å². The maximum absolute atomic E-state index is 5.33. The fourth-order valence-corrected chi connectivity index (χ4v) is 1.75. The zero-order chi connectivity index (χ0) is 11.8. The molecule has 0 aliphatic rings. The molecule has 1 aromatic rings. The van der Waals surface area contributed by atoms with Gasteiger partial charge < -0.3 is 14.8 Å². The molecule has 0 aliphatic heterocycles. The van der Waals surface area contributed by atoms with Crippen LogP contribution >= 0.6 is 15.9 Å². The average molecular weight is 289 g/mol. The van der Waals surface area contributed by atoms with Crippen molar-refractivity contribution in [3.63, 3.8) is 0 Å². The van der Waals surface area contributed by atoms with Crippen LogP contribution in [0.1, 0.15) is 5.56 Å². The van der Waals surface area contributed by atoms with Crippen molar-refractivity contribution in [1.29, 1.82) is 0 Å². The van der Waals surface area contributed by atoms with Crippen LogP contribution in [-0.4, -0.2) is 38.5 Å². The first kappa shape index (κ1) is 13.4. The topological polar surface area (TPSA) is 43.4 Å². The summed E-state index contributed by atoms with van der Waals surface area (Å²) in [6.07, 6.45) is 1.83. The first-order valence-electron chi connectivity index (χ1n) is 5.16. The Hall–Kier alpha value is -0.650. The largest absolute Gasteiger partial charge is 0.382 e. The minimum atomic E-state index is 0.626. The highest BCUT2D eigenvalue weighted by molar-refractivity contribution is 9.10. The van der Waals surface area contributed by atoms with Gasteiger partial charge in [0.2, 0.25) is 0 Å². The van der Waals surface area contributed by atoms with Crippen LogP contribution in [0.2, 0.25) is 0 Å². The number of aryl methyl sites for hydroxylation is 1. The SMILES string of the molecule is COCCOCCNc1ncc(C)cc1Br. The Morgan fingerprint density at radius 1 is 1.38 bits per heavy atom. The first-order valence-corrected chi connectivity index (χ1v) is 5.96. The first-order chi connectivity index (χ1) is 7.74. The molecule has 1 rings (SSSR count). The van der Waals surface area contributed by atoms with Crippen molar-refractivity contribution in [3.05, 3.63) is 22.3 Å². The summed E-state index contributed by atoms with van der Waals surface area (Å²) < 4.78 is 11.2. The highest BCUT2D eigenvalue weighted by atomic mass is 79.9. The number of pyridine rings is 1. The fourth-order valence-electron chi connectivity index (χ4n) is 1.15. The van der Waals surface area contributed by atoms with Gasteiger partial charge in [0.1, 0.15) is 5.82 Å². The van der Waals surface area contributed by atoms with Gasteiger partial charge in [-0.3, -0.25) is 0 Å². The van der Waals surface area contributed by atoms with Gasteiger partial charge in [-0.25, -0.2) is 4.98 Å². The number of anilines is 1. The third-order valence-electron chi connectivity index (χ3n) is 1.95. The van der Waals surface area contributed by atoms with E-state index in [2.05, 4.69) is 26.2 Å². The molecule has 0 atom stereocenters. The summed E-state index contributed by atoms with van der Waals surface area (Å²) in [6, 6.07) is 2.03. The number of rotatable bonds is 7. The Bertz CT molecular complexity index is 321. The molecule has 0 saturated carbocycles. The number of methoxy groups -OCH3 is 1. The van der Waals surface area contributed by atoms with Gasteiger partial charge >= 0.3 is 0 Å². The molecule has 90 valence electrons. The molecule has 0 spiro atoms. The predicted octanol–water partition coefficient (Wildman–Crippen LogP) is 2.23. The van der Waals surface area contributed by atoms with E-state index < -0.39 is 0 Å². The second kappa shape index (κ2) is 7.60. The predicted molar refractivity (Wildman–Crippen MR) is 67.9 cm³/mol. The van der Waals surface area contributed by atoms with E-state index in [1.54, 1.807) is 7.11 Å². The zero-order valence-electron chi connectivity index (χ0n) is 9.62. The van der Waals surface area contributed by atoms with Gasteiger partial charge in [0.05, 0.1) is 24.3 Å². The molecule has 0 bridgehead atoms. The molecule has 0 saturated heterocycles. The van der Waals surface area contributed by atoms with Crippen LogP contribution in [0.15, 0.2) is 16.7 Å². The molecular weight excluding hydrogens is 272 g/mol. The monoisotopic (exact) mass is 288 g/mol. The minimum absolute atomic E-state index is 0.626. The summed E-state index contributed by atoms with van der Waals surface area (Å²) in [4.78, 5) is 4.27. The number of hydrogen-bond donors (Lipinski definition) is 1. The molecule has 0 fully saturated rings. The van der Waals surface area contributed by atoms with Crippen molar-refractivity contribution >= 4 is 21.7 Å².